The highest BCUT2D eigenvalue weighted by Crippen LogP contribution is 2.24. The third-order valence-corrected chi connectivity index (χ3v) is 4.39. The van der Waals surface area contributed by atoms with Crippen molar-refractivity contribution in [2.24, 2.45) is 0 Å². The number of aryl methyl sites for hydroxylation is 1. The molecule has 0 unspecified atom stereocenters. The number of amides is 1. The number of ether oxygens (including phenoxy) is 1. The number of rotatable bonds is 6. The zero-order valence-corrected chi connectivity index (χ0v) is 14.2. The minimum Gasteiger partial charge on any atom is -0.484 e. The van der Waals surface area contributed by atoms with E-state index < -0.39 is 4.92 Å². The van der Waals surface area contributed by atoms with Crippen molar-refractivity contribution in [3.05, 3.63) is 55.2 Å². The fraction of sp³-hybridized carbons (Fsp3) is 0.267. The molecule has 23 heavy (non-hydrogen) atoms. The number of thiophene rings is 1. The van der Waals surface area contributed by atoms with Crippen molar-refractivity contribution in [1.29, 1.82) is 0 Å². The highest BCUT2D eigenvalue weighted by Gasteiger charge is 2.14. The van der Waals surface area contributed by atoms with Crippen LogP contribution in [0.25, 0.3) is 0 Å². The topological polar surface area (TPSA) is 72.7 Å². The zero-order valence-electron chi connectivity index (χ0n) is 12.6. The fourth-order valence-electron chi connectivity index (χ4n) is 1.94. The van der Waals surface area contributed by atoms with Crippen molar-refractivity contribution < 1.29 is 14.5 Å². The summed E-state index contributed by atoms with van der Waals surface area (Å²) in [6.45, 7) is 1.95. The van der Waals surface area contributed by atoms with Crippen molar-refractivity contribution in [2.75, 3.05) is 13.7 Å². The number of halogens is 1. The quantitative estimate of drug-likeness (QED) is 0.586. The molecular formula is C15H15ClN2O4S. The number of carbonyl (C=O) groups excluding carboxylic acids is 1. The van der Waals surface area contributed by atoms with Crippen LogP contribution in [0.5, 0.6) is 5.75 Å². The summed E-state index contributed by atoms with van der Waals surface area (Å²) in [5, 5.41) is 10.8. The number of likely N-dealkylation sites (N-methyl/N-ethyl adjacent to an activating group) is 1. The Bertz CT molecular complexity index is 732. The summed E-state index contributed by atoms with van der Waals surface area (Å²) in [6.07, 6.45) is 0. The molecule has 122 valence electrons. The van der Waals surface area contributed by atoms with E-state index in [1.807, 2.05) is 6.07 Å². The molecule has 0 aliphatic heterocycles. The van der Waals surface area contributed by atoms with Crippen molar-refractivity contribution in [3.8, 4) is 5.75 Å². The number of nitrogens with zero attached hydrogens (tertiary/aromatic N) is 2. The van der Waals surface area contributed by atoms with Crippen LogP contribution in [0.4, 0.5) is 5.69 Å². The molecule has 8 heteroatoms. The van der Waals surface area contributed by atoms with Gasteiger partial charge in [-0.1, -0.05) is 11.6 Å². The van der Waals surface area contributed by atoms with Crippen LogP contribution in [-0.4, -0.2) is 29.4 Å². The summed E-state index contributed by atoms with van der Waals surface area (Å²) in [5.74, 6) is 0.236. The summed E-state index contributed by atoms with van der Waals surface area (Å²) in [6, 6.07) is 8.06. The first-order chi connectivity index (χ1) is 10.9. The monoisotopic (exact) mass is 354 g/mol. The van der Waals surface area contributed by atoms with Gasteiger partial charge in [0, 0.05) is 23.6 Å². The maximum absolute atomic E-state index is 12.1. The molecule has 1 heterocycles. The van der Waals surface area contributed by atoms with E-state index in [1.165, 1.54) is 23.5 Å². The average Bonchev–Trinajstić information content (AvgIpc) is 2.89. The predicted molar refractivity (Wildman–Crippen MR) is 89.1 cm³/mol. The highest BCUT2D eigenvalue weighted by atomic mass is 35.5. The van der Waals surface area contributed by atoms with Crippen LogP contribution in [0, 0.1) is 17.0 Å². The summed E-state index contributed by atoms with van der Waals surface area (Å²) >= 11 is 7.28. The third-order valence-electron chi connectivity index (χ3n) is 3.17. The van der Waals surface area contributed by atoms with Crippen LogP contribution in [0.1, 0.15) is 10.4 Å². The SMILES string of the molecule is Cc1cc(OCC(=O)N(C)Cc2ccc(Cl)s2)ccc1[N+](=O)[O-]. The maximum Gasteiger partial charge on any atom is 0.272 e. The standard InChI is InChI=1S/C15H15ClN2O4S/c1-10-7-11(3-5-13(10)18(20)21)22-9-15(19)17(2)8-12-4-6-14(16)23-12/h3-7H,8-9H2,1-2H3. The molecule has 0 saturated heterocycles. The van der Waals surface area contributed by atoms with Crippen molar-refractivity contribution in [1.82, 2.24) is 4.90 Å². The Balaban J connectivity index is 1.91. The lowest BCUT2D eigenvalue weighted by Gasteiger charge is -2.16. The van der Waals surface area contributed by atoms with Gasteiger partial charge >= 0.3 is 0 Å². The number of carbonyl (C=O) groups is 1. The molecule has 0 atom stereocenters. The molecular weight excluding hydrogens is 340 g/mol. The van der Waals surface area contributed by atoms with E-state index in [0.717, 1.165) is 4.88 Å². The summed E-state index contributed by atoms with van der Waals surface area (Å²) < 4.78 is 6.09. The molecule has 0 radical (unpaired) electrons. The second-order valence-electron chi connectivity index (χ2n) is 4.95. The number of hydrogen-bond donors (Lipinski definition) is 0. The lowest BCUT2D eigenvalue weighted by molar-refractivity contribution is -0.385. The Kier molecular flexibility index (Phi) is 5.57. The van der Waals surface area contributed by atoms with E-state index in [4.69, 9.17) is 16.3 Å². The van der Waals surface area contributed by atoms with Crippen LogP contribution in [-0.2, 0) is 11.3 Å². The smallest absolute Gasteiger partial charge is 0.272 e. The predicted octanol–water partition coefficient (Wildman–Crippen LogP) is 3.66. The van der Waals surface area contributed by atoms with Gasteiger partial charge in [0.15, 0.2) is 6.61 Å². The first kappa shape index (κ1) is 17.2. The van der Waals surface area contributed by atoms with Gasteiger partial charge in [0.1, 0.15) is 5.75 Å². The van der Waals surface area contributed by atoms with Crippen LogP contribution >= 0.6 is 22.9 Å². The van der Waals surface area contributed by atoms with Gasteiger partial charge in [-0.25, -0.2) is 0 Å². The Hall–Kier alpha value is -2.12. The molecule has 0 saturated carbocycles. The molecule has 0 aliphatic rings. The van der Waals surface area contributed by atoms with Crippen LogP contribution < -0.4 is 4.74 Å². The van der Waals surface area contributed by atoms with E-state index >= 15 is 0 Å². The van der Waals surface area contributed by atoms with E-state index in [1.54, 1.807) is 31.0 Å². The Morgan fingerprint density at radius 1 is 1.39 bits per heavy atom. The minimum atomic E-state index is -0.454. The van der Waals surface area contributed by atoms with E-state index in [-0.39, 0.29) is 18.2 Å². The Morgan fingerprint density at radius 2 is 2.13 bits per heavy atom. The Morgan fingerprint density at radius 3 is 2.70 bits per heavy atom. The van der Waals surface area contributed by atoms with Gasteiger partial charge in [0.2, 0.25) is 0 Å². The number of benzene rings is 1. The lowest BCUT2D eigenvalue weighted by Crippen LogP contribution is -2.30. The second kappa shape index (κ2) is 7.43. The molecule has 1 aromatic carbocycles. The normalized spacial score (nSPS) is 10.4. The first-order valence-corrected chi connectivity index (χ1v) is 7.92. The molecule has 6 nitrogen and oxygen atoms in total. The summed E-state index contributed by atoms with van der Waals surface area (Å²) in [5.41, 5.74) is 0.511. The van der Waals surface area contributed by atoms with Crippen molar-refractivity contribution >= 4 is 34.5 Å². The minimum absolute atomic E-state index is 0.0235. The van der Waals surface area contributed by atoms with Crippen molar-refractivity contribution in [3.63, 3.8) is 0 Å². The summed E-state index contributed by atoms with van der Waals surface area (Å²) in [7, 11) is 1.68. The number of nitro groups is 1. The van der Waals surface area contributed by atoms with Crippen molar-refractivity contribution in [2.45, 2.75) is 13.5 Å². The molecule has 1 amide bonds. The second-order valence-corrected chi connectivity index (χ2v) is 6.75. The zero-order chi connectivity index (χ0) is 17.0. The van der Waals surface area contributed by atoms with E-state index in [2.05, 4.69) is 0 Å². The molecule has 0 spiro atoms. The average molecular weight is 355 g/mol. The molecule has 0 N–H and O–H groups in total. The molecule has 0 aliphatic carbocycles. The van der Waals surface area contributed by atoms with Crippen LogP contribution in [0.2, 0.25) is 4.34 Å². The molecule has 2 rings (SSSR count). The highest BCUT2D eigenvalue weighted by molar-refractivity contribution is 7.16. The Labute approximate surface area is 142 Å². The maximum atomic E-state index is 12.1. The molecule has 0 bridgehead atoms. The van der Waals surface area contributed by atoms with Gasteiger partial charge < -0.3 is 9.64 Å². The summed E-state index contributed by atoms with van der Waals surface area (Å²) in [4.78, 5) is 24.9. The van der Waals surface area contributed by atoms with Gasteiger partial charge in [0.25, 0.3) is 11.6 Å². The van der Waals surface area contributed by atoms with Gasteiger partial charge in [-0.3, -0.25) is 14.9 Å². The van der Waals surface area contributed by atoms with Crippen LogP contribution in [0.15, 0.2) is 30.3 Å². The van der Waals surface area contributed by atoms with Gasteiger partial charge in [-0.15, -0.1) is 11.3 Å². The van der Waals surface area contributed by atoms with Gasteiger partial charge in [0.05, 0.1) is 15.8 Å². The van der Waals surface area contributed by atoms with E-state index in [9.17, 15) is 14.9 Å². The third kappa shape index (κ3) is 4.67. The van der Waals surface area contributed by atoms with Gasteiger partial charge in [-0.05, 0) is 31.2 Å². The van der Waals surface area contributed by atoms with E-state index in [0.29, 0.717) is 22.2 Å². The fourth-order valence-corrected chi connectivity index (χ4v) is 3.08. The first-order valence-electron chi connectivity index (χ1n) is 6.73. The molecule has 2 aromatic rings. The lowest BCUT2D eigenvalue weighted by atomic mass is 10.2. The van der Waals surface area contributed by atoms with Crippen LogP contribution in [0.3, 0.4) is 0 Å². The van der Waals surface area contributed by atoms with Gasteiger partial charge in [-0.2, -0.15) is 0 Å². The number of nitro benzene ring substituents is 1. The molecule has 1 aromatic heterocycles. The molecule has 0 fully saturated rings. The largest absolute Gasteiger partial charge is 0.484 e. The number of hydrogen-bond acceptors (Lipinski definition) is 5.